The Morgan fingerprint density at radius 1 is 1.29 bits per heavy atom. The van der Waals surface area contributed by atoms with Crippen molar-refractivity contribution in [3.05, 3.63) is 34.3 Å². The second-order valence-electron chi connectivity index (χ2n) is 5.77. The van der Waals surface area contributed by atoms with E-state index in [0.717, 1.165) is 10.9 Å². The third-order valence-corrected chi connectivity index (χ3v) is 3.90. The van der Waals surface area contributed by atoms with E-state index in [1.54, 1.807) is 0 Å². The van der Waals surface area contributed by atoms with E-state index in [9.17, 15) is 0 Å². The normalized spacial score (nSPS) is 15.6. The van der Waals surface area contributed by atoms with Crippen molar-refractivity contribution in [1.29, 1.82) is 0 Å². The first-order valence-electron chi connectivity index (χ1n) is 6.36. The summed E-state index contributed by atoms with van der Waals surface area (Å²) in [5.74, 6) is 0. The lowest BCUT2D eigenvalue weighted by Gasteiger charge is -2.32. The van der Waals surface area contributed by atoms with Crippen LogP contribution >= 0.6 is 15.9 Å². The van der Waals surface area contributed by atoms with Gasteiger partial charge in [0.05, 0.1) is 0 Å². The first kappa shape index (κ1) is 14.7. The maximum Gasteiger partial charge on any atom is 0.0320 e. The number of nitrogens with one attached hydrogen (secondary N) is 1. The Labute approximate surface area is 114 Å². The lowest BCUT2D eigenvalue weighted by molar-refractivity contribution is 0.260. The smallest absolute Gasteiger partial charge is 0.0320 e. The maximum atomic E-state index is 3.73. The molecule has 0 saturated heterocycles. The third kappa shape index (κ3) is 4.44. The Morgan fingerprint density at radius 3 is 2.41 bits per heavy atom. The van der Waals surface area contributed by atoms with Crippen molar-refractivity contribution < 1.29 is 0 Å². The van der Waals surface area contributed by atoms with Gasteiger partial charge >= 0.3 is 0 Å². The van der Waals surface area contributed by atoms with Crippen molar-refractivity contribution in [2.24, 2.45) is 5.41 Å². The van der Waals surface area contributed by atoms with Crippen LogP contribution in [0, 0.1) is 5.41 Å². The molecule has 0 aromatic heterocycles. The predicted octanol–water partition coefficient (Wildman–Crippen LogP) is 4.92. The van der Waals surface area contributed by atoms with Gasteiger partial charge in [0.15, 0.2) is 0 Å². The molecule has 2 atom stereocenters. The van der Waals surface area contributed by atoms with E-state index < -0.39 is 0 Å². The van der Waals surface area contributed by atoms with Gasteiger partial charge in [-0.05, 0) is 36.5 Å². The van der Waals surface area contributed by atoms with Crippen molar-refractivity contribution in [1.82, 2.24) is 5.32 Å². The van der Waals surface area contributed by atoms with Crippen molar-refractivity contribution in [2.45, 2.75) is 53.1 Å². The first-order valence-corrected chi connectivity index (χ1v) is 7.15. The van der Waals surface area contributed by atoms with Gasteiger partial charge in [-0.1, -0.05) is 55.8 Å². The van der Waals surface area contributed by atoms with Crippen LogP contribution in [0.4, 0.5) is 0 Å². The van der Waals surface area contributed by atoms with E-state index in [2.05, 4.69) is 80.1 Å². The highest BCUT2D eigenvalue weighted by molar-refractivity contribution is 9.10. The molecule has 0 heterocycles. The highest BCUT2D eigenvalue weighted by Gasteiger charge is 2.22. The summed E-state index contributed by atoms with van der Waals surface area (Å²) < 4.78 is 1.15. The third-order valence-electron chi connectivity index (χ3n) is 3.41. The average Bonchev–Trinajstić information content (AvgIpc) is 2.24. The van der Waals surface area contributed by atoms with E-state index in [1.165, 1.54) is 5.56 Å². The Hall–Kier alpha value is -0.340. The summed E-state index contributed by atoms with van der Waals surface area (Å²) in [7, 11) is 0. The van der Waals surface area contributed by atoms with E-state index >= 15 is 0 Å². The molecular weight excluding hydrogens is 274 g/mol. The highest BCUT2D eigenvalue weighted by Crippen LogP contribution is 2.25. The van der Waals surface area contributed by atoms with Crippen LogP contribution in [0.25, 0.3) is 0 Å². The van der Waals surface area contributed by atoms with Gasteiger partial charge in [-0.25, -0.2) is 0 Å². The number of rotatable bonds is 4. The van der Waals surface area contributed by atoms with Crippen molar-refractivity contribution in [3.8, 4) is 0 Å². The first-order chi connectivity index (χ1) is 7.84. The van der Waals surface area contributed by atoms with E-state index in [1.807, 2.05) is 0 Å². The quantitative estimate of drug-likeness (QED) is 0.831. The molecule has 2 unspecified atom stereocenters. The molecule has 1 rings (SSSR count). The summed E-state index contributed by atoms with van der Waals surface area (Å²) >= 11 is 3.54. The van der Waals surface area contributed by atoms with Gasteiger partial charge in [0.1, 0.15) is 0 Å². The molecule has 0 radical (unpaired) electrons. The highest BCUT2D eigenvalue weighted by atomic mass is 79.9. The molecule has 0 spiro atoms. The van der Waals surface area contributed by atoms with Crippen molar-refractivity contribution >= 4 is 15.9 Å². The van der Waals surface area contributed by atoms with E-state index in [-0.39, 0.29) is 0 Å². The summed E-state index contributed by atoms with van der Waals surface area (Å²) in [5, 5.41) is 3.73. The lowest BCUT2D eigenvalue weighted by Crippen LogP contribution is -2.39. The van der Waals surface area contributed by atoms with E-state index in [4.69, 9.17) is 0 Å². The number of halogens is 1. The monoisotopic (exact) mass is 297 g/mol. The number of hydrogen-bond acceptors (Lipinski definition) is 1. The molecule has 1 aromatic rings. The Kier molecular flexibility index (Phi) is 5.21. The second-order valence-corrected chi connectivity index (χ2v) is 6.69. The molecule has 1 N–H and O–H groups in total. The number of hydrogen-bond donors (Lipinski definition) is 1. The van der Waals surface area contributed by atoms with Crippen LogP contribution in [0.1, 0.15) is 52.6 Å². The Morgan fingerprint density at radius 2 is 1.94 bits per heavy atom. The van der Waals surface area contributed by atoms with Gasteiger partial charge in [0.2, 0.25) is 0 Å². The topological polar surface area (TPSA) is 12.0 Å². The lowest BCUT2D eigenvalue weighted by atomic mass is 9.87. The van der Waals surface area contributed by atoms with Crippen LogP contribution in [-0.2, 0) is 0 Å². The minimum Gasteiger partial charge on any atom is -0.307 e. The molecule has 0 amide bonds. The molecule has 0 fully saturated rings. The molecule has 0 aliphatic heterocycles. The molecule has 0 bridgehead atoms. The fourth-order valence-corrected chi connectivity index (χ4v) is 2.14. The van der Waals surface area contributed by atoms with Crippen LogP contribution in [0.15, 0.2) is 28.7 Å². The molecule has 0 saturated carbocycles. The maximum absolute atomic E-state index is 3.73. The average molecular weight is 298 g/mol. The standard InChI is InChI=1S/C15H24BrN/c1-6-14(17-11(2)15(3,4)5)12-8-7-9-13(16)10-12/h7-11,14,17H,6H2,1-5H3. The van der Waals surface area contributed by atoms with Crippen LogP contribution < -0.4 is 5.32 Å². The molecule has 0 aliphatic rings. The van der Waals surface area contributed by atoms with Gasteiger partial charge in [-0.2, -0.15) is 0 Å². The fraction of sp³-hybridized carbons (Fsp3) is 0.600. The van der Waals surface area contributed by atoms with Gasteiger partial charge in [-0.15, -0.1) is 0 Å². The van der Waals surface area contributed by atoms with Gasteiger partial charge < -0.3 is 5.32 Å². The zero-order chi connectivity index (χ0) is 13.1. The zero-order valence-electron chi connectivity index (χ0n) is 11.5. The van der Waals surface area contributed by atoms with Crippen LogP contribution in [0.3, 0.4) is 0 Å². The van der Waals surface area contributed by atoms with Crippen LogP contribution in [-0.4, -0.2) is 6.04 Å². The van der Waals surface area contributed by atoms with Gasteiger partial charge in [0.25, 0.3) is 0 Å². The molecule has 96 valence electrons. The molecule has 2 heteroatoms. The molecular formula is C15H24BrN. The SMILES string of the molecule is CCC(NC(C)C(C)(C)C)c1cccc(Br)c1. The summed E-state index contributed by atoms with van der Waals surface area (Å²) in [6, 6.07) is 9.50. The summed E-state index contributed by atoms with van der Waals surface area (Å²) in [4.78, 5) is 0. The summed E-state index contributed by atoms with van der Waals surface area (Å²) in [5.41, 5.74) is 1.65. The molecule has 17 heavy (non-hydrogen) atoms. The van der Waals surface area contributed by atoms with E-state index in [0.29, 0.717) is 17.5 Å². The fourth-order valence-electron chi connectivity index (χ4n) is 1.72. The molecule has 1 aromatic carbocycles. The zero-order valence-corrected chi connectivity index (χ0v) is 13.1. The summed E-state index contributed by atoms with van der Waals surface area (Å²) in [6.07, 6.45) is 1.11. The summed E-state index contributed by atoms with van der Waals surface area (Å²) in [6.45, 7) is 11.3. The minimum atomic E-state index is 0.291. The minimum absolute atomic E-state index is 0.291. The van der Waals surface area contributed by atoms with Crippen LogP contribution in [0.5, 0.6) is 0 Å². The largest absolute Gasteiger partial charge is 0.307 e. The van der Waals surface area contributed by atoms with Crippen molar-refractivity contribution in [2.75, 3.05) is 0 Å². The molecule has 0 aliphatic carbocycles. The number of benzene rings is 1. The second kappa shape index (κ2) is 6.01. The predicted molar refractivity (Wildman–Crippen MR) is 79.2 cm³/mol. The Bertz CT molecular complexity index is 354. The van der Waals surface area contributed by atoms with Gasteiger partial charge in [-0.3, -0.25) is 0 Å². The molecule has 1 nitrogen and oxygen atoms in total. The van der Waals surface area contributed by atoms with Crippen LogP contribution in [0.2, 0.25) is 0 Å². The van der Waals surface area contributed by atoms with Crippen molar-refractivity contribution in [3.63, 3.8) is 0 Å². The Balaban J connectivity index is 2.79. The van der Waals surface area contributed by atoms with Gasteiger partial charge in [0, 0.05) is 16.6 Å².